The molecule has 3 aromatic carbocycles. The Balaban J connectivity index is 1.36. The zero-order chi connectivity index (χ0) is 25.9. The van der Waals surface area contributed by atoms with Gasteiger partial charge in [0.1, 0.15) is 12.4 Å². The molecule has 0 heterocycles. The van der Waals surface area contributed by atoms with E-state index in [1.807, 2.05) is 43.3 Å². The highest BCUT2D eigenvalue weighted by Crippen LogP contribution is 2.22. The maximum atomic E-state index is 12.3. The molecule has 5 N–H and O–H groups in total. The molecule has 0 aromatic heterocycles. The summed E-state index contributed by atoms with van der Waals surface area (Å²) in [6.45, 7) is 2.87. The van der Waals surface area contributed by atoms with Crippen LogP contribution in [-0.2, 0) is 16.0 Å². The number of hydrogen-bond donors (Lipinski definition) is 4. The van der Waals surface area contributed by atoms with Gasteiger partial charge in [0.2, 0.25) is 0 Å². The first-order valence-corrected chi connectivity index (χ1v) is 11.4. The highest BCUT2D eigenvalue weighted by atomic mass is 16.5. The summed E-state index contributed by atoms with van der Waals surface area (Å²) in [6.07, 6.45) is 0.269. The summed E-state index contributed by atoms with van der Waals surface area (Å²) in [7, 11) is 1.30. The molecule has 0 saturated heterocycles. The molecule has 9 heteroatoms. The summed E-state index contributed by atoms with van der Waals surface area (Å²) in [4.78, 5) is 36.0. The van der Waals surface area contributed by atoms with Crippen LogP contribution < -0.4 is 26.4 Å². The molecule has 9 nitrogen and oxygen atoms in total. The van der Waals surface area contributed by atoms with Crippen molar-refractivity contribution < 1.29 is 23.9 Å². The van der Waals surface area contributed by atoms with Crippen LogP contribution in [-0.4, -0.2) is 44.6 Å². The molecular weight excluding hydrogens is 460 g/mol. The molecule has 0 bridgehead atoms. The fourth-order valence-corrected chi connectivity index (χ4v) is 3.38. The second kappa shape index (κ2) is 12.9. The minimum Gasteiger partial charge on any atom is -0.490 e. The van der Waals surface area contributed by atoms with Gasteiger partial charge in [-0.25, -0.2) is 9.59 Å². The number of aryl methyl sites for hydroxylation is 1. The van der Waals surface area contributed by atoms with Crippen molar-refractivity contribution in [2.45, 2.75) is 13.3 Å². The summed E-state index contributed by atoms with van der Waals surface area (Å²) < 4.78 is 10.3. The molecular formula is C27H30N4O5. The summed E-state index contributed by atoms with van der Waals surface area (Å²) in [5.74, 6) is 0.00923. The van der Waals surface area contributed by atoms with Crippen molar-refractivity contribution in [2.24, 2.45) is 0 Å². The van der Waals surface area contributed by atoms with Crippen LogP contribution in [0.5, 0.6) is 5.75 Å². The molecule has 0 atom stereocenters. The molecule has 0 aliphatic heterocycles. The Morgan fingerprint density at radius 1 is 0.944 bits per heavy atom. The number of ether oxygens (including phenoxy) is 2. The van der Waals surface area contributed by atoms with E-state index in [2.05, 4.69) is 20.7 Å². The van der Waals surface area contributed by atoms with Crippen LogP contribution in [0.15, 0.2) is 66.7 Å². The van der Waals surface area contributed by atoms with Crippen molar-refractivity contribution in [1.82, 2.24) is 5.32 Å². The summed E-state index contributed by atoms with van der Waals surface area (Å²) in [5, 5.41) is 8.64. The van der Waals surface area contributed by atoms with Gasteiger partial charge >= 0.3 is 12.0 Å². The van der Waals surface area contributed by atoms with E-state index in [4.69, 9.17) is 10.5 Å². The number of Topliss-reactive ketones (excluding diaryl/α,β-unsaturated/α-hetero) is 1. The van der Waals surface area contributed by atoms with E-state index in [1.54, 1.807) is 24.3 Å². The van der Waals surface area contributed by atoms with Crippen LogP contribution in [0, 0.1) is 6.92 Å². The minimum atomic E-state index is -0.469. The highest BCUT2D eigenvalue weighted by Gasteiger charge is 2.09. The number of rotatable bonds is 11. The number of carbonyl (C=O) groups is 3. The van der Waals surface area contributed by atoms with Gasteiger partial charge in [-0.05, 0) is 54.4 Å². The first-order valence-electron chi connectivity index (χ1n) is 11.4. The smallest absolute Gasteiger partial charge is 0.337 e. The molecule has 0 spiro atoms. The number of hydrogen-bond acceptors (Lipinski definition) is 7. The third-order valence-corrected chi connectivity index (χ3v) is 5.30. The Morgan fingerprint density at radius 2 is 1.69 bits per heavy atom. The van der Waals surface area contributed by atoms with Crippen LogP contribution in [0.1, 0.15) is 21.5 Å². The minimum absolute atomic E-state index is 0.0231. The van der Waals surface area contributed by atoms with Gasteiger partial charge in [0, 0.05) is 24.3 Å². The first kappa shape index (κ1) is 26.2. The Kier molecular flexibility index (Phi) is 9.41. The number of nitrogens with two attached hydrogens (primary N) is 1. The lowest BCUT2D eigenvalue weighted by atomic mass is 10.1. The molecule has 0 saturated carbocycles. The molecule has 188 valence electrons. The molecule has 0 aliphatic rings. The molecule has 3 aromatic rings. The van der Waals surface area contributed by atoms with E-state index in [0.717, 1.165) is 16.8 Å². The Bertz CT molecular complexity index is 1210. The summed E-state index contributed by atoms with van der Waals surface area (Å²) in [6, 6.07) is 19.0. The van der Waals surface area contributed by atoms with E-state index in [0.29, 0.717) is 35.8 Å². The Hall–Kier alpha value is -4.37. The number of nitrogen functional groups attached to an aromatic ring is 1. The highest BCUT2D eigenvalue weighted by molar-refractivity contribution is 6.00. The molecule has 3 rings (SSSR count). The predicted octanol–water partition coefficient (Wildman–Crippen LogP) is 3.79. The van der Waals surface area contributed by atoms with Gasteiger partial charge in [-0.15, -0.1) is 0 Å². The molecule has 0 radical (unpaired) electrons. The Morgan fingerprint density at radius 3 is 2.39 bits per heavy atom. The topological polar surface area (TPSA) is 132 Å². The van der Waals surface area contributed by atoms with Gasteiger partial charge in [0.25, 0.3) is 0 Å². The van der Waals surface area contributed by atoms with E-state index in [9.17, 15) is 14.4 Å². The predicted molar refractivity (Wildman–Crippen MR) is 140 cm³/mol. The number of urea groups is 1. The van der Waals surface area contributed by atoms with Crippen molar-refractivity contribution in [3.63, 3.8) is 0 Å². The molecule has 0 fully saturated rings. The van der Waals surface area contributed by atoms with Crippen molar-refractivity contribution in [1.29, 1.82) is 0 Å². The van der Waals surface area contributed by atoms with Crippen molar-refractivity contribution in [3.8, 4) is 5.75 Å². The standard InChI is InChI=1S/C27H30N4O5/c1-18-5-3-4-6-24(18)31-27(34)30-21-10-7-19(8-11-21)15-22(32)17-29-13-14-36-25-12-9-20(16-23(25)28)26(33)35-2/h3-12,16,29H,13-15,17,28H2,1-2H3,(H2,30,31,34). The van der Waals surface area contributed by atoms with Crippen molar-refractivity contribution in [3.05, 3.63) is 83.4 Å². The third-order valence-electron chi connectivity index (χ3n) is 5.30. The maximum absolute atomic E-state index is 12.3. The zero-order valence-electron chi connectivity index (χ0n) is 20.3. The van der Waals surface area contributed by atoms with Crippen LogP contribution >= 0.6 is 0 Å². The third kappa shape index (κ3) is 7.85. The van der Waals surface area contributed by atoms with Crippen LogP contribution in [0.2, 0.25) is 0 Å². The Labute approximate surface area is 210 Å². The second-order valence-corrected chi connectivity index (χ2v) is 8.08. The quantitative estimate of drug-likeness (QED) is 0.183. The number of para-hydroxylation sites is 1. The number of carbonyl (C=O) groups excluding carboxylic acids is 3. The van der Waals surface area contributed by atoms with Gasteiger partial charge in [0.15, 0.2) is 5.78 Å². The molecule has 0 aliphatic carbocycles. The lowest BCUT2D eigenvalue weighted by Gasteiger charge is -2.11. The maximum Gasteiger partial charge on any atom is 0.337 e. The average Bonchev–Trinajstić information content (AvgIpc) is 2.86. The van der Waals surface area contributed by atoms with Crippen molar-refractivity contribution in [2.75, 3.05) is 43.2 Å². The fourth-order valence-electron chi connectivity index (χ4n) is 3.38. The largest absolute Gasteiger partial charge is 0.490 e. The van der Waals surface area contributed by atoms with E-state index < -0.39 is 5.97 Å². The second-order valence-electron chi connectivity index (χ2n) is 8.08. The lowest BCUT2D eigenvalue weighted by molar-refractivity contribution is -0.117. The molecule has 0 unspecified atom stereocenters. The van der Waals surface area contributed by atoms with Gasteiger partial charge in [-0.2, -0.15) is 0 Å². The average molecular weight is 491 g/mol. The number of anilines is 3. The normalized spacial score (nSPS) is 10.4. The number of amides is 2. The molecule has 36 heavy (non-hydrogen) atoms. The summed E-state index contributed by atoms with van der Waals surface area (Å²) >= 11 is 0. The number of benzene rings is 3. The van der Waals surface area contributed by atoms with Crippen LogP contribution in [0.3, 0.4) is 0 Å². The van der Waals surface area contributed by atoms with Crippen LogP contribution in [0.25, 0.3) is 0 Å². The van der Waals surface area contributed by atoms with Gasteiger partial charge in [-0.1, -0.05) is 30.3 Å². The summed E-state index contributed by atoms with van der Waals surface area (Å²) in [5.41, 5.74) is 9.78. The number of nitrogens with one attached hydrogen (secondary N) is 3. The van der Waals surface area contributed by atoms with Gasteiger partial charge in [-0.3, -0.25) is 4.79 Å². The van der Waals surface area contributed by atoms with Gasteiger partial charge in [0.05, 0.1) is 24.9 Å². The SMILES string of the molecule is COC(=O)c1ccc(OCCNCC(=O)Cc2ccc(NC(=O)Nc3ccccc3C)cc2)c(N)c1. The van der Waals surface area contributed by atoms with E-state index >= 15 is 0 Å². The van der Waals surface area contributed by atoms with Gasteiger partial charge < -0.3 is 31.2 Å². The monoisotopic (exact) mass is 490 g/mol. The lowest BCUT2D eigenvalue weighted by Crippen LogP contribution is -2.28. The zero-order valence-corrected chi connectivity index (χ0v) is 20.3. The first-order chi connectivity index (χ1) is 17.4. The number of ketones is 1. The number of esters is 1. The number of methoxy groups -OCH3 is 1. The van der Waals surface area contributed by atoms with E-state index in [-0.39, 0.29) is 24.8 Å². The van der Waals surface area contributed by atoms with Crippen LogP contribution in [0.4, 0.5) is 21.9 Å². The van der Waals surface area contributed by atoms with E-state index in [1.165, 1.54) is 13.2 Å². The van der Waals surface area contributed by atoms with Crippen molar-refractivity contribution >= 4 is 34.8 Å². The molecule has 2 amide bonds. The fraction of sp³-hybridized carbons (Fsp3) is 0.222.